The van der Waals surface area contributed by atoms with Crippen LogP contribution in [0.1, 0.15) is 6.92 Å². The lowest BCUT2D eigenvalue weighted by Crippen LogP contribution is -2.23. The van der Waals surface area contributed by atoms with Gasteiger partial charge in [0.25, 0.3) is 0 Å². The third kappa shape index (κ3) is 5.82. The Balaban J connectivity index is 3.17. The summed E-state index contributed by atoms with van der Waals surface area (Å²) in [6, 6.07) is 0. The Labute approximate surface area is 66.7 Å². The second-order valence-corrected chi connectivity index (χ2v) is 2.19. The first kappa shape index (κ1) is 10.4. The molecule has 0 aliphatic heterocycles. The molecule has 0 atom stereocenters. The summed E-state index contributed by atoms with van der Waals surface area (Å²) in [5.41, 5.74) is 4.96. The van der Waals surface area contributed by atoms with E-state index in [0.717, 1.165) is 0 Å². The molecule has 4 heteroatoms. The summed E-state index contributed by atoms with van der Waals surface area (Å²) in [6.45, 7) is 2.96. The van der Waals surface area contributed by atoms with Crippen molar-refractivity contribution in [3.8, 4) is 0 Å². The summed E-state index contributed by atoms with van der Waals surface area (Å²) in [6.07, 6.45) is 0. The van der Waals surface area contributed by atoms with Crippen LogP contribution < -0.4 is 5.73 Å². The van der Waals surface area contributed by atoms with E-state index in [1.165, 1.54) is 0 Å². The molecule has 4 nitrogen and oxygen atoms in total. The summed E-state index contributed by atoms with van der Waals surface area (Å²) < 4.78 is 9.77. The maximum Gasteiger partial charge on any atom is 0.226 e. The summed E-state index contributed by atoms with van der Waals surface area (Å²) in [5.74, 6) is 0.114. The van der Waals surface area contributed by atoms with Crippen LogP contribution in [0.15, 0.2) is 0 Å². The molecule has 0 unspecified atom stereocenters. The molecule has 0 bridgehead atoms. The molecular weight excluding hydrogens is 146 g/mol. The van der Waals surface area contributed by atoms with E-state index >= 15 is 0 Å². The lowest BCUT2D eigenvalue weighted by Gasteiger charge is -2.06. The van der Waals surface area contributed by atoms with Gasteiger partial charge in [0.15, 0.2) is 0 Å². The van der Waals surface area contributed by atoms with Crippen LogP contribution in [0.5, 0.6) is 0 Å². The number of carbonyl (C=O) groups is 1. The van der Waals surface area contributed by atoms with Crippen molar-refractivity contribution in [3.05, 3.63) is 5.92 Å². The number of hydrogen-bond donors (Lipinski definition) is 1. The molecule has 0 aromatic rings. The number of amides is 1. The van der Waals surface area contributed by atoms with E-state index in [-0.39, 0.29) is 0 Å². The van der Waals surface area contributed by atoms with Crippen molar-refractivity contribution in [3.63, 3.8) is 0 Å². The average molecular weight is 160 g/mol. The molecule has 0 heterocycles. The highest BCUT2D eigenvalue weighted by atomic mass is 16.5. The van der Waals surface area contributed by atoms with Gasteiger partial charge in [-0.15, -0.1) is 0 Å². The summed E-state index contributed by atoms with van der Waals surface area (Å²) >= 11 is 0. The Morgan fingerprint density at radius 1 is 1.45 bits per heavy atom. The SMILES string of the molecule is COCCOC[C](C)C(N)=O. The van der Waals surface area contributed by atoms with Gasteiger partial charge in [-0.25, -0.2) is 0 Å². The highest BCUT2D eigenvalue weighted by Crippen LogP contribution is 1.95. The minimum atomic E-state index is -0.414. The number of hydrogen-bond acceptors (Lipinski definition) is 3. The van der Waals surface area contributed by atoms with Crippen LogP contribution in [-0.4, -0.2) is 32.8 Å². The van der Waals surface area contributed by atoms with Crippen LogP contribution in [0.3, 0.4) is 0 Å². The van der Waals surface area contributed by atoms with E-state index in [1.54, 1.807) is 14.0 Å². The van der Waals surface area contributed by atoms with Gasteiger partial charge in [0.05, 0.1) is 25.7 Å². The Hall–Kier alpha value is -0.610. The molecule has 0 aromatic carbocycles. The highest BCUT2D eigenvalue weighted by Gasteiger charge is 2.08. The standard InChI is InChI=1S/C7H14NO3/c1-6(7(8)9)5-11-4-3-10-2/h3-5H2,1-2H3,(H2,8,9). The first-order valence-corrected chi connectivity index (χ1v) is 3.37. The van der Waals surface area contributed by atoms with Gasteiger partial charge >= 0.3 is 0 Å². The van der Waals surface area contributed by atoms with E-state index in [4.69, 9.17) is 15.2 Å². The van der Waals surface area contributed by atoms with E-state index in [9.17, 15) is 4.79 Å². The topological polar surface area (TPSA) is 61.6 Å². The number of carbonyl (C=O) groups excluding carboxylic acids is 1. The molecule has 65 valence electrons. The fraction of sp³-hybridized carbons (Fsp3) is 0.714. The molecule has 0 aromatic heterocycles. The molecular formula is C7H14NO3. The smallest absolute Gasteiger partial charge is 0.226 e. The number of rotatable bonds is 6. The van der Waals surface area contributed by atoms with E-state index in [0.29, 0.717) is 25.7 Å². The third-order valence-corrected chi connectivity index (χ3v) is 1.17. The second-order valence-electron chi connectivity index (χ2n) is 2.19. The van der Waals surface area contributed by atoms with Gasteiger partial charge in [0.2, 0.25) is 5.91 Å². The van der Waals surface area contributed by atoms with E-state index in [1.807, 2.05) is 0 Å². The predicted molar refractivity (Wildman–Crippen MR) is 40.8 cm³/mol. The quantitative estimate of drug-likeness (QED) is 0.544. The van der Waals surface area contributed by atoms with Crippen LogP contribution >= 0.6 is 0 Å². The Morgan fingerprint density at radius 3 is 2.55 bits per heavy atom. The first-order chi connectivity index (χ1) is 5.18. The molecule has 2 N–H and O–H groups in total. The minimum Gasteiger partial charge on any atom is -0.382 e. The molecule has 1 radical (unpaired) electrons. The molecule has 0 aliphatic rings. The van der Waals surface area contributed by atoms with Gasteiger partial charge in [-0.1, -0.05) is 0 Å². The van der Waals surface area contributed by atoms with Crippen molar-refractivity contribution in [2.45, 2.75) is 6.92 Å². The van der Waals surface area contributed by atoms with E-state index in [2.05, 4.69) is 0 Å². The van der Waals surface area contributed by atoms with E-state index < -0.39 is 5.91 Å². The molecule has 0 aliphatic carbocycles. The van der Waals surface area contributed by atoms with Gasteiger partial charge in [-0.3, -0.25) is 4.79 Å². The first-order valence-electron chi connectivity index (χ1n) is 3.37. The van der Waals surface area contributed by atoms with Crippen LogP contribution in [0.25, 0.3) is 0 Å². The molecule has 0 saturated heterocycles. The fourth-order valence-electron chi connectivity index (χ4n) is 0.439. The largest absolute Gasteiger partial charge is 0.382 e. The molecule has 0 rings (SSSR count). The summed E-state index contributed by atoms with van der Waals surface area (Å²) in [5, 5.41) is 0. The Kier molecular flexibility index (Phi) is 5.78. The molecule has 1 amide bonds. The van der Waals surface area contributed by atoms with Crippen molar-refractivity contribution in [1.29, 1.82) is 0 Å². The summed E-state index contributed by atoms with van der Waals surface area (Å²) in [7, 11) is 1.59. The number of ether oxygens (including phenoxy) is 2. The summed E-state index contributed by atoms with van der Waals surface area (Å²) in [4.78, 5) is 10.4. The molecule has 0 spiro atoms. The molecule has 0 fully saturated rings. The predicted octanol–water partition coefficient (Wildman–Crippen LogP) is -0.271. The van der Waals surface area contributed by atoms with Crippen LogP contribution in [0, 0.1) is 5.92 Å². The highest BCUT2D eigenvalue weighted by molar-refractivity contribution is 5.87. The van der Waals surface area contributed by atoms with Crippen molar-refractivity contribution < 1.29 is 14.3 Å². The lowest BCUT2D eigenvalue weighted by atomic mass is 10.2. The zero-order valence-electron chi connectivity index (χ0n) is 6.92. The van der Waals surface area contributed by atoms with Crippen molar-refractivity contribution in [2.24, 2.45) is 5.73 Å². The monoisotopic (exact) mass is 160 g/mol. The minimum absolute atomic E-state index is 0.290. The molecule has 0 saturated carbocycles. The average Bonchev–Trinajstić information content (AvgIpc) is 1.97. The fourth-order valence-corrected chi connectivity index (χ4v) is 0.439. The number of methoxy groups -OCH3 is 1. The maximum absolute atomic E-state index is 10.4. The van der Waals surface area contributed by atoms with Gasteiger partial charge in [0, 0.05) is 7.11 Å². The van der Waals surface area contributed by atoms with Crippen molar-refractivity contribution >= 4 is 5.91 Å². The van der Waals surface area contributed by atoms with Crippen molar-refractivity contribution in [1.82, 2.24) is 0 Å². The zero-order chi connectivity index (χ0) is 8.69. The third-order valence-electron chi connectivity index (χ3n) is 1.17. The van der Waals surface area contributed by atoms with Gasteiger partial charge < -0.3 is 15.2 Å². The second kappa shape index (κ2) is 6.12. The Bertz CT molecular complexity index is 116. The van der Waals surface area contributed by atoms with Crippen LogP contribution in [0.4, 0.5) is 0 Å². The van der Waals surface area contributed by atoms with Gasteiger partial charge in [0.1, 0.15) is 0 Å². The number of nitrogens with two attached hydrogens (primary N) is 1. The zero-order valence-corrected chi connectivity index (χ0v) is 6.92. The van der Waals surface area contributed by atoms with Gasteiger partial charge in [-0.2, -0.15) is 0 Å². The van der Waals surface area contributed by atoms with Crippen LogP contribution in [-0.2, 0) is 14.3 Å². The molecule has 11 heavy (non-hydrogen) atoms. The maximum atomic E-state index is 10.4. The van der Waals surface area contributed by atoms with Crippen LogP contribution in [0.2, 0.25) is 0 Å². The lowest BCUT2D eigenvalue weighted by molar-refractivity contribution is -0.117. The van der Waals surface area contributed by atoms with Gasteiger partial charge in [-0.05, 0) is 6.92 Å². The Morgan fingerprint density at radius 2 is 2.09 bits per heavy atom. The number of primary amides is 1. The normalized spacial score (nSPS) is 10.5. The van der Waals surface area contributed by atoms with Crippen molar-refractivity contribution in [2.75, 3.05) is 26.9 Å².